The van der Waals surface area contributed by atoms with E-state index >= 15 is 0 Å². The number of nitrogens with one attached hydrogen (secondary N) is 1. The molecule has 172 valence electrons. The number of hydrogen-bond acceptors (Lipinski definition) is 6. The number of aliphatic imine (C=N–C) groups is 2. The quantitative estimate of drug-likeness (QED) is 0.312. The number of carbonyl (C=O) groups excluding carboxylic acids is 1. The number of hydrogen-bond donors (Lipinski definition) is 1. The predicted octanol–water partition coefficient (Wildman–Crippen LogP) is 5.21. The minimum Gasteiger partial charge on any atom is -0.361 e. The molecule has 1 amide bonds. The molecule has 8 nitrogen and oxygen atoms in total. The summed E-state index contributed by atoms with van der Waals surface area (Å²) in [5, 5.41) is 12.8. The Morgan fingerprint density at radius 2 is 1.89 bits per heavy atom. The van der Waals surface area contributed by atoms with Crippen molar-refractivity contribution >= 4 is 51.0 Å². The number of non-ortho nitro benzene ring substituents is 1. The average Bonchev–Trinajstić information content (AvgIpc) is 3.44. The summed E-state index contributed by atoms with van der Waals surface area (Å²) >= 11 is 1.37. The molecule has 3 heterocycles. The van der Waals surface area contributed by atoms with Crippen LogP contribution in [-0.4, -0.2) is 37.8 Å². The normalized spacial score (nSPS) is 16.6. The number of benzene rings is 3. The average molecular weight is 482 g/mol. The van der Waals surface area contributed by atoms with Gasteiger partial charge in [0.25, 0.3) is 11.6 Å². The summed E-state index contributed by atoms with van der Waals surface area (Å²) in [4.78, 5) is 38.8. The van der Waals surface area contributed by atoms with Crippen LogP contribution in [0.1, 0.15) is 16.7 Å². The Balaban J connectivity index is 1.31. The molecule has 3 aromatic carbocycles. The maximum absolute atomic E-state index is 13.6. The van der Waals surface area contributed by atoms with Gasteiger partial charge in [0.05, 0.1) is 10.6 Å². The third kappa shape index (κ3) is 3.79. The summed E-state index contributed by atoms with van der Waals surface area (Å²) in [6.07, 6.45) is 2.42. The zero-order valence-corrected chi connectivity index (χ0v) is 19.2. The molecule has 2 aliphatic heterocycles. The lowest BCUT2D eigenvalue weighted by Crippen LogP contribution is -2.41. The summed E-state index contributed by atoms with van der Waals surface area (Å²) in [5.74, 6) is 0.921. The first-order valence-electron chi connectivity index (χ1n) is 11.1. The number of aromatic amines is 1. The fourth-order valence-corrected chi connectivity index (χ4v) is 5.39. The summed E-state index contributed by atoms with van der Waals surface area (Å²) < 4.78 is 0. The lowest BCUT2D eigenvalue weighted by molar-refractivity contribution is -0.384. The second kappa shape index (κ2) is 8.52. The number of fused-ring (bicyclic) bond motifs is 4. The first-order chi connectivity index (χ1) is 17.1. The molecule has 35 heavy (non-hydrogen) atoms. The number of amides is 1. The Labute approximate surface area is 204 Å². The van der Waals surface area contributed by atoms with E-state index in [0.717, 1.165) is 33.3 Å². The molecule has 0 saturated carbocycles. The molecule has 0 unspecified atom stereocenters. The second-order valence-electron chi connectivity index (χ2n) is 8.33. The van der Waals surface area contributed by atoms with Crippen molar-refractivity contribution in [3.8, 4) is 0 Å². The van der Waals surface area contributed by atoms with Crippen LogP contribution >= 0.6 is 11.8 Å². The van der Waals surface area contributed by atoms with Gasteiger partial charge in [-0.05, 0) is 29.3 Å². The predicted molar refractivity (Wildman–Crippen MR) is 137 cm³/mol. The number of thioether (sulfide) groups is 1. The highest BCUT2D eigenvalue weighted by Crippen LogP contribution is 2.35. The number of H-pyrrole nitrogens is 1. The van der Waals surface area contributed by atoms with Crippen LogP contribution in [0.3, 0.4) is 0 Å². The van der Waals surface area contributed by atoms with E-state index in [2.05, 4.69) is 4.98 Å². The Kier molecular flexibility index (Phi) is 5.18. The van der Waals surface area contributed by atoms with Gasteiger partial charge in [0.15, 0.2) is 5.17 Å². The molecule has 1 aromatic heterocycles. The second-order valence-corrected chi connectivity index (χ2v) is 9.28. The lowest BCUT2D eigenvalue weighted by atomic mass is 10.1. The summed E-state index contributed by atoms with van der Waals surface area (Å²) in [6, 6.07) is 21.6. The van der Waals surface area contributed by atoms with Crippen LogP contribution < -0.4 is 0 Å². The first kappa shape index (κ1) is 21.3. The summed E-state index contributed by atoms with van der Waals surface area (Å²) in [6.45, 7) is 0. The highest BCUT2D eigenvalue weighted by atomic mass is 32.2. The molecular formula is C26H19N5O3S. The molecule has 4 aromatic rings. The van der Waals surface area contributed by atoms with E-state index < -0.39 is 11.0 Å². The van der Waals surface area contributed by atoms with Gasteiger partial charge in [-0.2, -0.15) is 0 Å². The largest absolute Gasteiger partial charge is 0.361 e. The minimum absolute atomic E-state index is 0.0392. The maximum Gasteiger partial charge on any atom is 0.269 e. The first-order valence-corrected chi connectivity index (χ1v) is 12.1. The summed E-state index contributed by atoms with van der Waals surface area (Å²) in [7, 11) is 0. The SMILES string of the molecule is O=C1[C@@H](Cc2c[nH]c3ccccc23)N=C2c3ccccc3N=C(SCc3cccc([N+](=O)[O-])c3)N12. The van der Waals surface area contributed by atoms with Gasteiger partial charge in [0, 0.05) is 47.0 Å². The van der Waals surface area contributed by atoms with Crippen molar-refractivity contribution in [1.82, 2.24) is 9.88 Å². The van der Waals surface area contributed by atoms with Crippen LogP contribution in [0.4, 0.5) is 11.4 Å². The standard InChI is InChI=1S/C26H19N5O3S/c32-25-23(13-17-14-27-21-10-3-1-8-19(17)21)28-24-20-9-2-4-11-22(20)29-26(30(24)25)35-15-16-6-5-7-18(12-16)31(33)34/h1-12,14,23,27H,13,15H2/t23-/m1/s1. The molecule has 1 atom stereocenters. The van der Waals surface area contributed by atoms with E-state index in [1.165, 1.54) is 17.8 Å². The number of rotatable bonds is 5. The van der Waals surface area contributed by atoms with Crippen molar-refractivity contribution in [1.29, 1.82) is 0 Å². The Bertz CT molecular complexity index is 1560. The third-order valence-electron chi connectivity index (χ3n) is 6.13. The molecule has 6 rings (SSSR count). The number of aromatic nitrogens is 1. The number of nitro benzene ring substituents is 1. The number of nitrogens with zero attached hydrogens (tertiary/aromatic N) is 4. The van der Waals surface area contributed by atoms with E-state index in [1.54, 1.807) is 17.0 Å². The highest BCUT2D eigenvalue weighted by Gasteiger charge is 2.41. The molecule has 1 N–H and O–H groups in total. The van der Waals surface area contributed by atoms with Gasteiger partial charge in [-0.1, -0.05) is 54.2 Å². The minimum atomic E-state index is -0.557. The molecule has 0 saturated heterocycles. The van der Waals surface area contributed by atoms with Crippen LogP contribution in [0.5, 0.6) is 0 Å². The van der Waals surface area contributed by atoms with Crippen LogP contribution in [0, 0.1) is 10.1 Å². The number of amidine groups is 2. The molecule has 0 spiro atoms. The molecule has 0 radical (unpaired) electrons. The molecule has 0 bridgehead atoms. The number of carbonyl (C=O) groups is 1. The highest BCUT2D eigenvalue weighted by molar-refractivity contribution is 8.13. The van der Waals surface area contributed by atoms with Gasteiger partial charge in [-0.25, -0.2) is 9.89 Å². The van der Waals surface area contributed by atoms with Gasteiger partial charge >= 0.3 is 0 Å². The van der Waals surface area contributed by atoms with Crippen molar-refractivity contribution in [2.45, 2.75) is 18.2 Å². The summed E-state index contributed by atoms with van der Waals surface area (Å²) in [5.41, 5.74) is 4.47. The topological polar surface area (TPSA) is 104 Å². The smallest absolute Gasteiger partial charge is 0.269 e. The van der Waals surface area contributed by atoms with Gasteiger partial charge in [0.2, 0.25) is 0 Å². The van der Waals surface area contributed by atoms with E-state index in [1.807, 2.05) is 60.8 Å². The third-order valence-corrected chi connectivity index (χ3v) is 7.13. The molecule has 0 fully saturated rings. The van der Waals surface area contributed by atoms with Gasteiger partial charge in [-0.15, -0.1) is 0 Å². The molecule has 9 heteroatoms. The van der Waals surface area contributed by atoms with Gasteiger partial charge < -0.3 is 4.98 Å². The number of para-hydroxylation sites is 2. The Hall–Kier alpha value is -4.24. The van der Waals surface area contributed by atoms with Crippen molar-refractivity contribution in [2.24, 2.45) is 9.98 Å². The van der Waals surface area contributed by atoms with Crippen LogP contribution in [0.25, 0.3) is 10.9 Å². The molecular weight excluding hydrogens is 462 g/mol. The molecule has 0 aliphatic carbocycles. The van der Waals surface area contributed by atoms with E-state index in [4.69, 9.17) is 9.98 Å². The van der Waals surface area contributed by atoms with Crippen LogP contribution in [0.15, 0.2) is 89.0 Å². The van der Waals surface area contributed by atoms with Gasteiger partial charge in [0.1, 0.15) is 11.9 Å². The van der Waals surface area contributed by atoms with E-state index in [9.17, 15) is 14.9 Å². The Morgan fingerprint density at radius 3 is 2.77 bits per heavy atom. The zero-order chi connectivity index (χ0) is 23.9. The van der Waals surface area contributed by atoms with E-state index in [0.29, 0.717) is 23.2 Å². The monoisotopic (exact) mass is 481 g/mol. The van der Waals surface area contributed by atoms with Crippen LogP contribution in [0.2, 0.25) is 0 Å². The van der Waals surface area contributed by atoms with Crippen LogP contribution in [-0.2, 0) is 17.0 Å². The van der Waals surface area contributed by atoms with Crippen molar-refractivity contribution in [3.63, 3.8) is 0 Å². The lowest BCUT2D eigenvalue weighted by Gasteiger charge is -2.25. The van der Waals surface area contributed by atoms with Crippen molar-refractivity contribution in [2.75, 3.05) is 0 Å². The fourth-order valence-electron chi connectivity index (χ4n) is 4.45. The van der Waals surface area contributed by atoms with Gasteiger partial charge in [-0.3, -0.25) is 19.9 Å². The number of nitro groups is 1. The molecule has 2 aliphatic rings. The zero-order valence-electron chi connectivity index (χ0n) is 18.4. The van der Waals surface area contributed by atoms with Crippen molar-refractivity contribution in [3.05, 3.63) is 106 Å². The maximum atomic E-state index is 13.6. The van der Waals surface area contributed by atoms with E-state index in [-0.39, 0.29) is 11.6 Å². The Morgan fingerprint density at radius 1 is 1.06 bits per heavy atom. The fraction of sp³-hybridized carbons (Fsp3) is 0.115. The van der Waals surface area contributed by atoms with Crippen molar-refractivity contribution < 1.29 is 9.72 Å².